The van der Waals surface area contributed by atoms with Crippen molar-refractivity contribution in [1.82, 2.24) is 15.5 Å². The van der Waals surface area contributed by atoms with Gasteiger partial charge in [0.15, 0.2) is 0 Å². The molecule has 1 aliphatic rings. The summed E-state index contributed by atoms with van der Waals surface area (Å²) in [4.78, 5) is 4.49. The number of thioether (sulfide) groups is 1. The molecule has 1 aliphatic heterocycles. The topological polar surface area (TPSA) is 60.2 Å². The van der Waals surface area contributed by atoms with Gasteiger partial charge >= 0.3 is 0 Å². The molecule has 0 saturated carbocycles. The van der Waals surface area contributed by atoms with E-state index in [1.807, 2.05) is 18.7 Å². The van der Waals surface area contributed by atoms with Crippen LogP contribution in [-0.2, 0) is 11.2 Å². The number of aromatic nitrogens is 2. The lowest BCUT2D eigenvalue weighted by Crippen LogP contribution is -2.38. The smallest absolute Gasteiger partial charge is 0.228 e. The van der Waals surface area contributed by atoms with Crippen LogP contribution in [0.2, 0.25) is 0 Å². The summed E-state index contributed by atoms with van der Waals surface area (Å²) in [7, 11) is 0. The molecule has 0 amide bonds. The Kier molecular flexibility index (Phi) is 6.13. The average molecular weight is 285 g/mol. The van der Waals surface area contributed by atoms with Crippen molar-refractivity contribution in [3.63, 3.8) is 0 Å². The maximum absolute atomic E-state index is 5.67. The van der Waals surface area contributed by atoms with E-state index in [-0.39, 0.29) is 6.10 Å². The van der Waals surface area contributed by atoms with Crippen molar-refractivity contribution >= 4 is 11.8 Å². The van der Waals surface area contributed by atoms with Crippen molar-refractivity contribution in [2.75, 3.05) is 24.7 Å². The van der Waals surface area contributed by atoms with E-state index in [4.69, 9.17) is 9.26 Å². The van der Waals surface area contributed by atoms with Crippen LogP contribution in [0.4, 0.5) is 0 Å². The van der Waals surface area contributed by atoms with Crippen molar-refractivity contribution in [2.45, 2.75) is 45.3 Å². The number of ether oxygens (including phenoxy) is 1. The average Bonchev–Trinajstić information content (AvgIpc) is 2.88. The zero-order valence-electron chi connectivity index (χ0n) is 11.7. The number of rotatable bonds is 7. The molecule has 1 aromatic heterocycles. The third-order valence-electron chi connectivity index (χ3n) is 3.11. The van der Waals surface area contributed by atoms with Crippen LogP contribution in [0.15, 0.2) is 4.52 Å². The van der Waals surface area contributed by atoms with Crippen LogP contribution < -0.4 is 5.32 Å². The fourth-order valence-corrected chi connectivity index (χ4v) is 3.14. The summed E-state index contributed by atoms with van der Waals surface area (Å²) in [5.41, 5.74) is 0. The minimum atomic E-state index is -0.0267. The summed E-state index contributed by atoms with van der Waals surface area (Å²) in [6.45, 7) is 5.87. The van der Waals surface area contributed by atoms with E-state index in [0.29, 0.717) is 18.5 Å². The summed E-state index contributed by atoms with van der Waals surface area (Å²) < 4.78 is 11.0. The van der Waals surface area contributed by atoms with Crippen molar-refractivity contribution in [3.8, 4) is 0 Å². The first kappa shape index (κ1) is 14.8. The summed E-state index contributed by atoms with van der Waals surface area (Å²) in [6, 6.07) is 0.448. The monoisotopic (exact) mass is 285 g/mol. The molecule has 2 rings (SSSR count). The van der Waals surface area contributed by atoms with Crippen molar-refractivity contribution in [1.29, 1.82) is 0 Å². The number of hydrogen-bond donors (Lipinski definition) is 1. The predicted molar refractivity (Wildman–Crippen MR) is 76.4 cm³/mol. The Morgan fingerprint density at radius 1 is 1.53 bits per heavy atom. The van der Waals surface area contributed by atoms with E-state index in [9.17, 15) is 0 Å². The molecular weight excluding hydrogens is 262 g/mol. The van der Waals surface area contributed by atoms with Gasteiger partial charge in [0.1, 0.15) is 6.10 Å². The van der Waals surface area contributed by atoms with E-state index in [1.165, 1.54) is 5.75 Å². The minimum absolute atomic E-state index is 0.0267. The van der Waals surface area contributed by atoms with Gasteiger partial charge in [0.25, 0.3) is 0 Å². The Bertz CT molecular complexity index is 361. The Labute approximate surface area is 118 Å². The van der Waals surface area contributed by atoms with E-state index < -0.39 is 0 Å². The number of hydrogen-bond acceptors (Lipinski definition) is 6. The van der Waals surface area contributed by atoms with Gasteiger partial charge in [0.2, 0.25) is 11.7 Å². The molecule has 1 saturated heterocycles. The molecule has 1 aromatic rings. The Balaban J connectivity index is 1.92. The molecule has 19 heavy (non-hydrogen) atoms. The third kappa shape index (κ3) is 4.47. The molecule has 0 spiro atoms. The third-order valence-corrected chi connectivity index (χ3v) is 4.24. The van der Waals surface area contributed by atoms with Crippen LogP contribution in [0.3, 0.4) is 0 Å². The first-order valence-electron chi connectivity index (χ1n) is 7.08. The second kappa shape index (κ2) is 7.87. The van der Waals surface area contributed by atoms with Crippen LogP contribution in [0.5, 0.6) is 0 Å². The van der Waals surface area contributed by atoms with E-state index in [0.717, 1.165) is 37.5 Å². The zero-order chi connectivity index (χ0) is 13.5. The van der Waals surface area contributed by atoms with Gasteiger partial charge in [-0.05, 0) is 13.3 Å². The first-order valence-corrected chi connectivity index (χ1v) is 8.24. The standard InChI is InChI=1S/C13H23N3O2S/c1-3-5-11(17-4-2)13-15-12(18-16-13)8-10-9-19-7-6-14-10/h10-11,14H,3-9H2,1-2H3. The summed E-state index contributed by atoms with van der Waals surface area (Å²) in [6.07, 6.45) is 2.77. The highest BCUT2D eigenvalue weighted by atomic mass is 32.2. The summed E-state index contributed by atoms with van der Waals surface area (Å²) in [5, 5.41) is 7.55. The van der Waals surface area contributed by atoms with Crippen molar-refractivity contribution < 1.29 is 9.26 Å². The lowest BCUT2D eigenvalue weighted by molar-refractivity contribution is 0.0478. The van der Waals surface area contributed by atoms with E-state index in [2.05, 4.69) is 22.4 Å². The quantitative estimate of drug-likeness (QED) is 0.828. The molecule has 2 atom stereocenters. The van der Waals surface area contributed by atoms with Gasteiger partial charge in [-0.3, -0.25) is 0 Å². The first-order chi connectivity index (χ1) is 9.33. The second-order valence-electron chi connectivity index (χ2n) is 4.71. The lowest BCUT2D eigenvalue weighted by Gasteiger charge is -2.21. The normalized spacial score (nSPS) is 21.5. The molecule has 5 nitrogen and oxygen atoms in total. The van der Waals surface area contributed by atoms with Crippen LogP contribution >= 0.6 is 11.8 Å². The van der Waals surface area contributed by atoms with Crippen LogP contribution in [-0.4, -0.2) is 40.8 Å². The number of nitrogens with zero attached hydrogens (tertiary/aromatic N) is 2. The van der Waals surface area contributed by atoms with Gasteiger partial charge in [-0.2, -0.15) is 16.7 Å². The van der Waals surface area contributed by atoms with Crippen LogP contribution in [0.1, 0.15) is 44.5 Å². The molecule has 0 radical (unpaired) electrons. The largest absolute Gasteiger partial charge is 0.370 e. The molecule has 1 N–H and O–H groups in total. The highest BCUT2D eigenvalue weighted by molar-refractivity contribution is 7.99. The van der Waals surface area contributed by atoms with Gasteiger partial charge in [-0.25, -0.2) is 0 Å². The van der Waals surface area contributed by atoms with Gasteiger partial charge in [0, 0.05) is 37.1 Å². The molecule has 108 valence electrons. The van der Waals surface area contributed by atoms with Crippen molar-refractivity contribution in [2.24, 2.45) is 0 Å². The SMILES string of the molecule is CCCC(OCC)c1noc(CC2CSCCN2)n1. The van der Waals surface area contributed by atoms with Gasteiger partial charge in [-0.1, -0.05) is 18.5 Å². The lowest BCUT2D eigenvalue weighted by atomic mass is 10.2. The summed E-state index contributed by atoms with van der Waals surface area (Å²) in [5.74, 6) is 3.72. The fraction of sp³-hybridized carbons (Fsp3) is 0.846. The molecule has 0 aromatic carbocycles. The molecule has 0 aliphatic carbocycles. The highest BCUT2D eigenvalue weighted by Gasteiger charge is 2.21. The van der Waals surface area contributed by atoms with E-state index in [1.54, 1.807) is 0 Å². The van der Waals surface area contributed by atoms with Crippen LogP contribution in [0.25, 0.3) is 0 Å². The Morgan fingerprint density at radius 3 is 3.11 bits per heavy atom. The maximum Gasteiger partial charge on any atom is 0.228 e. The predicted octanol–water partition coefficient (Wildman–Crippen LogP) is 2.19. The minimum Gasteiger partial charge on any atom is -0.370 e. The maximum atomic E-state index is 5.67. The molecule has 2 unspecified atom stereocenters. The van der Waals surface area contributed by atoms with Gasteiger partial charge in [-0.15, -0.1) is 0 Å². The van der Waals surface area contributed by atoms with Crippen LogP contribution in [0, 0.1) is 0 Å². The number of nitrogens with one attached hydrogen (secondary N) is 1. The Hall–Kier alpha value is -0.590. The van der Waals surface area contributed by atoms with Crippen molar-refractivity contribution in [3.05, 3.63) is 11.7 Å². The van der Waals surface area contributed by atoms with E-state index >= 15 is 0 Å². The second-order valence-corrected chi connectivity index (χ2v) is 5.86. The van der Waals surface area contributed by atoms with Gasteiger partial charge < -0.3 is 14.6 Å². The molecule has 2 heterocycles. The zero-order valence-corrected chi connectivity index (χ0v) is 12.5. The van der Waals surface area contributed by atoms with Gasteiger partial charge in [0.05, 0.1) is 0 Å². The summed E-state index contributed by atoms with van der Waals surface area (Å²) >= 11 is 1.97. The molecular formula is C13H23N3O2S. The molecule has 1 fully saturated rings. The fourth-order valence-electron chi connectivity index (χ4n) is 2.19. The Morgan fingerprint density at radius 2 is 2.42 bits per heavy atom. The highest BCUT2D eigenvalue weighted by Crippen LogP contribution is 2.20. The molecule has 6 heteroatoms. The molecule has 0 bridgehead atoms.